The first-order valence-electron chi connectivity index (χ1n) is 4.48. The number of ketones is 1. The maximum Gasteiger partial charge on any atom is 0.130 e. The average molecular weight is 206 g/mol. The molecule has 1 saturated heterocycles. The molecule has 0 N–H and O–H groups in total. The molecule has 1 nitrogen and oxygen atoms in total. The lowest BCUT2D eigenvalue weighted by Crippen LogP contribution is -2.16. The molecule has 1 aliphatic heterocycles. The summed E-state index contributed by atoms with van der Waals surface area (Å²) in [5, 5.41) is 0.608. The Bertz CT molecular complexity index is 120. The Kier molecular flexibility index (Phi) is 8.24. The van der Waals surface area contributed by atoms with Gasteiger partial charge in [-0.1, -0.05) is 13.8 Å². The topological polar surface area (TPSA) is 17.1 Å². The number of carbonyl (C=O) groups excluding carboxylic acids is 1. The van der Waals surface area contributed by atoms with Crippen molar-refractivity contribution in [2.45, 2.75) is 32.4 Å². The van der Waals surface area contributed by atoms with E-state index in [4.69, 9.17) is 0 Å². The number of carbonyl (C=O) groups is 1. The van der Waals surface area contributed by atoms with Gasteiger partial charge in [0.1, 0.15) is 5.78 Å². The van der Waals surface area contributed by atoms with Crippen molar-refractivity contribution in [1.29, 1.82) is 0 Å². The van der Waals surface area contributed by atoms with Crippen LogP contribution in [0.15, 0.2) is 0 Å². The van der Waals surface area contributed by atoms with Gasteiger partial charge in [-0.05, 0) is 6.92 Å². The summed E-state index contributed by atoms with van der Waals surface area (Å²) in [6, 6.07) is 0. The number of Topliss-reactive ketones (excluding diaryl/α,β-unsaturated/α-hetero) is 1. The highest BCUT2D eigenvalue weighted by molar-refractivity contribution is 8.06. The Balaban J connectivity index is 0.000000561. The molecule has 1 atom stereocenters. The number of rotatable bonds is 2. The van der Waals surface area contributed by atoms with Crippen molar-refractivity contribution in [2.24, 2.45) is 0 Å². The molecule has 0 amide bonds. The van der Waals surface area contributed by atoms with Crippen molar-refractivity contribution >= 4 is 29.3 Å². The second-order valence-electron chi connectivity index (χ2n) is 2.47. The van der Waals surface area contributed by atoms with Gasteiger partial charge in [-0.15, -0.1) is 0 Å². The maximum absolute atomic E-state index is 10.7. The molecule has 72 valence electrons. The standard InChI is InChI=1S/C7H12OS2.C2H6/c1-6(8)4-7-5-9-2-3-10-7;1-2/h7H,2-5H2,1H3;1-2H3. The van der Waals surface area contributed by atoms with Crippen LogP contribution in [0.5, 0.6) is 0 Å². The van der Waals surface area contributed by atoms with E-state index in [0.717, 1.165) is 6.42 Å². The molecule has 1 heterocycles. The number of hydrogen-bond donors (Lipinski definition) is 0. The second kappa shape index (κ2) is 7.99. The van der Waals surface area contributed by atoms with Gasteiger partial charge in [-0.2, -0.15) is 23.5 Å². The Labute approximate surface area is 84.1 Å². The molecule has 0 radical (unpaired) electrons. The van der Waals surface area contributed by atoms with Crippen LogP contribution < -0.4 is 0 Å². The minimum absolute atomic E-state index is 0.333. The fourth-order valence-corrected chi connectivity index (χ4v) is 3.74. The molecule has 1 fully saturated rings. The van der Waals surface area contributed by atoms with Crippen LogP contribution in [0.25, 0.3) is 0 Å². The van der Waals surface area contributed by atoms with Gasteiger partial charge >= 0.3 is 0 Å². The van der Waals surface area contributed by atoms with Gasteiger partial charge in [0, 0.05) is 28.9 Å². The van der Waals surface area contributed by atoms with E-state index in [1.807, 2.05) is 37.4 Å². The van der Waals surface area contributed by atoms with Crippen LogP contribution >= 0.6 is 23.5 Å². The van der Waals surface area contributed by atoms with Crippen LogP contribution in [0.3, 0.4) is 0 Å². The maximum atomic E-state index is 10.7. The molecular formula is C9H18OS2. The Morgan fingerprint density at radius 2 is 2.08 bits per heavy atom. The number of thioether (sulfide) groups is 2. The Hall–Kier alpha value is 0.370. The van der Waals surface area contributed by atoms with Crippen molar-refractivity contribution in [2.75, 3.05) is 17.3 Å². The molecule has 12 heavy (non-hydrogen) atoms. The van der Waals surface area contributed by atoms with Gasteiger partial charge < -0.3 is 0 Å². The van der Waals surface area contributed by atoms with Crippen LogP contribution in [-0.4, -0.2) is 28.3 Å². The minimum Gasteiger partial charge on any atom is -0.300 e. The summed E-state index contributed by atoms with van der Waals surface area (Å²) < 4.78 is 0. The van der Waals surface area contributed by atoms with Crippen molar-refractivity contribution < 1.29 is 4.79 Å². The van der Waals surface area contributed by atoms with Crippen molar-refractivity contribution in [3.05, 3.63) is 0 Å². The lowest BCUT2D eigenvalue weighted by molar-refractivity contribution is -0.116. The lowest BCUT2D eigenvalue weighted by Gasteiger charge is -2.19. The summed E-state index contributed by atoms with van der Waals surface area (Å²) in [5.41, 5.74) is 0. The van der Waals surface area contributed by atoms with Crippen molar-refractivity contribution in [3.63, 3.8) is 0 Å². The molecule has 1 aliphatic rings. The van der Waals surface area contributed by atoms with E-state index < -0.39 is 0 Å². The summed E-state index contributed by atoms with van der Waals surface area (Å²) in [6.45, 7) is 5.68. The fraction of sp³-hybridized carbons (Fsp3) is 0.889. The first-order valence-corrected chi connectivity index (χ1v) is 6.68. The van der Waals surface area contributed by atoms with Crippen LogP contribution in [0.1, 0.15) is 27.2 Å². The first kappa shape index (κ1) is 12.4. The van der Waals surface area contributed by atoms with Crippen molar-refractivity contribution in [1.82, 2.24) is 0 Å². The predicted molar refractivity (Wildman–Crippen MR) is 60.2 cm³/mol. The zero-order valence-electron chi connectivity index (χ0n) is 8.13. The molecule has 3 heteroatoms. The van der Waals surface area contributed by atoms with Crippen molar-refractivity contribution in [3.8, 4) is 0 Å². The molecule has 0 aromatic rings. The van der Waals surface area contributed by atoms with Gasteiger partial charge in [0.2, 0.25) is 0 Å². The van der Waals surface area contributed by atoms with Gasteiger partial charge in [0.05, 0.1) is 0 Å². The third-order valence-corrected chi connectivity index (χ3v) is 4.24. The molecule has 0 aliphatic carbocycles. The molecule has 0 bridgehead atoms. The monoisotopic (exact) mass is 206 g/mol. The summed E-state index contributed by atoms with van der Waals surface area (Å²) in [6.07, 6.45) is 0.775. The van der Waals surface area contributed by atoms with Gasteiger partial charge in [0.25, 0.3) is 0 Å². The SMILES string of the molecule is CC.CC(=O)CC1CSCCS1. The largest absolute Gasteiger partial charge is 0.300 e. The van der Waals surface area contributed by atoms with Gasteiger partial charge in [-0.3, -0.25) is 4.79 Å². The zero-order chi connectivity index (χ0) is 9.40. The molecule has 1 unspecified atom stereocenters. The van der Waals surface area contributed by atoms with Crippen LogP contribution in [0.2, 0.25) is 0 Å². The zero-order valence-corrected chi connectivity index (χ0v) is 9.76. The number of hydrogen-bond acceptors (Lipinski definition) is 3. The summed E-state index contributed by atoms with van der Waals surface area (Å²) in [5.74, 6) is 3.99. The molecule has 1 rings (SSSR count). The van der Waals surface area contributed by atoms with E-state index in [1.54, 1.807) is 6.92 Å². The highest BCUT2D eigenvalue weighted by atomic mass is 32.2. The highest BCUT2D eigenvalue weighted by Gasteiger charge is 2.15. The lowest BCUT2D eigenvalue weighted by atomic mass is 10.2. The summed E-state index contributed by atoms with van der Waals surface area (Å²) in [4.78, 5) is 10.7. The Morgan fingerprint density at radius 3 is 2.50 bits per heavy atom. The molecule has 0 spiro atoms. The van der Waals surface area contributed by atoms with Gasteiger partial charge in [0.15, 0.2) is 0 Å². The summed E-state index contributed by atoms with van der Waals surface area (Å²) in [7, 11) is 0. The van der Waals surface area contributed by atoms with Crippen LogP contribution in [0, 0.1) is 0 Å². The normalized spacial score (nSPS) is 22.4. The summed E-state index contributed by atoms with van der Waals surface area (Å²) >= 11 is 3.92. The van der Waals surface area contributed by atoms with E-state index in [2.05, 4.69) is 0 Å². The predicted octanol–water partition coefficient (Wildman–Crippen LogP) is 2.84. The second-order valence-corrected chi connectivity index (χ2v) is 5.03. The van der Waals surface area contributed by atoms with Crippen LogP contribution in [0.4, 0.5) is 0 Å². The molecular weight excluding hydrogens is 188 g/mol. The molecule has 0 saturated carbocycles. The average Bonchev–Trinajstić information content (AvgIpc) is 2.08. The molecule has 0 aromatic heterocycles. The van der Waals surface area contributed by atoms with Gasteiger partial charge in [-0.25, -0.2) is 0 Å². The quantitative estimate of drug-likeness (QED) is 0.691. The Morgan fingerprint density at radius 1 is 1.42 bits per heavy atom. The fourth-order valence-electron chi connectivity index (χ4n) is 0.975. The van der Waals surface area contributed by atoms with E-state index in [-0.39, 0.29) is 0 Å². The highest BCUT2D eigenvalue weighted by Crippen LogP contribution is 2.26. The molecule has 0 aromatic carbocycles. The van der Waals surface area contributed by atoms with Crippen LogP contribution in [-0.2, 0) is 4.79 Å². The minimum atomic E-state index is 0.333. The smallest absolute Gasteiger partial charge is 0.130 e. The van der Waals surface area contributed by atoms with E-state index in [0.29, 0.717) is 11.0 Å². The third-order valence-electron chi connectivity index (χ3n) is 1.40. The van der Waals surface area contributed by atoms with E-state index in [9.17, 15) is 4.79 Å². The van der Waals surface area contributed by atoms with E-state index in [1.165, 1.54) is 17.3 Å². The third kappa shape index (κ3) is 5.95. The van der Waals surface area contributed by atoms with E-state index >= 15 is 0 Å². The first-order chi connectivity index (χ1) is 5.79.